The highest BCUT2D eigenvalue weighted by atomic mass is 32.2. The van der Waals surface area contributed by atoms with E-state index in [0.29, 0.717) is 17.4 Å². The number of para-hydroxylation sites is 1. The van der Waals surface area contributed by atoms with E-state index < -0.39 is 38.5 Å². The van der Waals surface area contributed by atoms with Crippen molar-refractivity contribution in [1.29, 1.82) is 0 Å². The van der Waals surface area contributed by atoms with E-state index in [0.717, 1.165) is 29.6 Å². The van der Waals surface area contributed by atoms with Crippen LogP contribution >= 0.6 is 0 Å². The third kappa shape index (κ3) is 5.92. The molecule has 1 heterocycles. The van der Waals surface area contributed by atoms with Gasteiger partial charge in [0.2, 0.25) is 15.9 Å². The maximum atomic E-state index is 14.4. The Morgan fingerprint density at radius 2 is 1.71 bits per heavy atom. The number of methoxy groups -OCH3 is 1. The first-order valence-corrected chi connectivity index (χ1v) is 13.7. The summed E-state index contributed by atoms with van der Waals surface area (Å²) < 4.78 is 74.4. The van der Waals surface area contributed by atoms with Crippen LogP contribution < -0.4 is 14.4 Å². The molecule has 0 radical (unpaired) electrons. The van der Waals surface area contributed by atoms with Crippen LogP contribution in [0, 0.1) is 5.82 Å². The Morgan fingerprint density at radius 3 is 2.31 bits per heavy atom. The summed E-state index contributed by atoms with van der Waals surface area (Å²) in [5.41, 5.74) is -0.254. The van der Waals surface area contributed by atoms with Gasteiger partial charge in [0.15, 0.2) is 0 Å². The lowest BCUT2D eigenvalue weighted by Gasteiger charge is -2.27. The van der Waals surface area contributed by atoms with Gasteiger partial charge in [0.1, 0.15) is 18.1 Å². The fraction of sp³-hybridized carbons (Fsp3) is 0.409. The number of rotatable bonds is 9. The molecular formula is C22H29FN4O6S2. The van der Waals surface area contributed by atoms with Crippen molar-refractivity contribution in [3.05, 3.63) is 48.3 Å². The SMILES string of the molecule is COc1ccc(S(=O)(=O)N2CCCCC2)cc1NC(=O)CN(c1ccccc1F)S(=O)(=O)N(C)C. The number of hydrogen-bond acceptors (Lipinski definition) is 6. The first-order chi connectivity index (χ1) is 16.5. The summed E-state index contributed by atoms with van der Waals surface area (Å²) in [5.74, 6) is -1.45. The summed E-state index contributed by atoms with van der Waals surface area (Å²) in [6, 6.07) is 9.26. The molecule has 1 saturated heterocycles. The van der Waals surface area contributed by atoms with Crippen LogP contribution in [0.2, 0.25) is 0 Å². The summed E-state index contributed by atoms with van der Waals surface area (Å²) in [7, 11) is -4.14. The number of sulfonamides is 1. The van der Waals surface area contributed by atoms with E-state index in [1.165, 1.54) is 61.9 Å². The highest BCUT2D eigenvalue weighted by Gasteiger charge is 2.30. The molecule has 0 aliphatic carbocycles. The van der Waals surface area contributed by atoms with Crippen molar-refractivity contribution < 1.29 is 30.8 Å². The van der Waals surface area contributed by atoms with E-state index in [4.69, 9.17) is 4.74 Å². The lowest BCUT2D eigenvalue weighted by molar-refractivity contribution is -0.114. The van der Waals surface area contributed by atoms with Crippen LogP contribution in [0.25, 0.3) is 0 Å². The highest BCUT2D eigenvalue weighted by molar-refractivity contribution is 7.90. The number of benzene rings is 2. The van der Waals surface area contributed by atoms with Crippen LogP contribution in [0.1, 0.15) is 19.3 Å². The molecule has 2 aromatic rings. The largest absolute Gasteiger partial charge is 0.495 e. The van der Waals surface area contributed by atoms with Crippen LogP contribution in [-0.4, -0.2) is 72.2 Å². The molecule has 1 amide bonds. The van der Waals surface area contributed by atoms with E-state index in [-0.39, 0.29) is 22.0 Å². The van der Waals surface area contributed by atoms with Gasteiger partial charge in [-0.15, -0.1) is 0 Å². The zero-order valence-corrected chi connectivity index (χ0v) is 21.4. The summed E-state index contributed by atoms with van der Waals surface area (Å²) in [6.45, 7) is 0.0692. The minimum absolute atomic E-state index is 0.0256. The Hall–Kier alpha value is -2.74. The second-order valence-electron chi connectivity index (χ2n) is 8.12. The molecule has 2 aromatic carbocycles. The van der Waals surface area contributed by atoms with Gasteiger partial charge in [0.25, 0.3) is 0 Å². The first kappa shape index (κ1) is 26.9. The minimum atomic E-state index is -4.23. The monoisotopic (exact) mass is 528 g/mol. The van der Waals surface area contributed by atoms with Crippen LogP contribution in [0.15, 0.2) is 47.4 Å². The number of piperidine rings is 1. The molecule has 1 fully saturated rings. The summed E-state index contributed by atoms with van der Waals surface area (Å²) in [6.07, 6.45) is 2.50. The van der Waals surface area contributed by atoms with Gasteiger partial charge in [-0.3, -0.25) is 4.79 Å². The molecule has 0 spiro atoms. The zero-order valence-electron chi connectivity index (χ0n) is 19.8. The molecule has 35 heavy (non-hydrogen) atoms. The van der Waals surface area contributed by atoms with Gasteiger partial charge in [-0.1, -0.05) is 18.6 Å². The average molecular weight is 529 g/mol. The molecule has 0 bridgehead atoms. The van der Waals surface area contributed by atoms with Crippen molar-refractivity contribution in [3.63, 3.8) is 0 Å². The number of nitrogens with zero attached hydrogens (tertiary/aromatic N) is 3. The lowest BCUT2D eigenvalue weighted by Crippen LogP contribution is -2.44. The molecule has 0 atom stereocenters. The predicted octanol–water partition coefficient (Wildman–Crippen LogP) is 2.26. The van der Waals surface area contributed by atoms with Gasteiger partial charge in [0.05, 0.1) is 23.4 Å². The standard InChI is InChI=1S/C22H29FN4O6S2/c1-25(2)35(31,32)27(20-10-6-5-9-18(20)23)16-22(28)24-19-15-17(11-12-21(19)33-3)34(29,30)26-13-7-4-8-14-26/h5-6,9-12,15H,4,7-8,13-14,16H2,1-3H3,(H,24,28). The van der Waals surface area contributed by atoms with E-state index in [2.05, 4.69) is 5.32 Å². The molecule has 3 rings (SSSR count). The second kappa shape index (κ2) is 10.9. The van der Waals surface area contributed by atoms with Gasteiger partial charge in [0, 0.05) is 27.2 Å². The second-order valence-corrected chi connectivity index (χ2v) is 12.1. The molecule has 0 saturated carbocycles. The molecule has 10 nitrogen and oxygen atoms in total. The Labute approximate surface area is 205 Å². The maximum Gasteiger partial charge on any atom is 0.304 e. The van der Waals surface area contributed by atoms with E-state index in [9.17, 15) is 26.0 Å². The molecule has 13 heteroatoms. The molecular weight excluding hydrogens is 499 g/mol. The van der Waals surface area contributed by atoms with Crippen LogP contribution in [0.4, 0.5) is 15.8 Å². The van der Waals surface area contributed by atoms with E-state index in [1.54, 1.807) is 0 Å². The van der Waals surface area contributed by atoms with Crippen molar-refractivity contribution in [3.8, 4) is 5.75 Å². The average Bonchev–Trinajstić information content (AvgIpc) is 2.83. The third-order valence-electron chi connectivity index (χ3n) is 5.55. The summed E-state index contributed by atoms with van der Waals surface area (Å²) in [5, 5.41) is 2.51. The van der Waals surface area contributed by atoms with Crippen molar-refractivity contribution in [2.24, 2.45) is 0 Å². The van der Waals surface area contributed by atoms with Crippen molar-refractivity contribution in [1.82, 2.24) is 8.61 Å². The fourth-order valence-corrected chi connectivity index (χ4v) is 6.28. The Morgan fingerprint density at radius 1 is 1.06 bits per heavy atom. The molecule has 192 valence electrons. The van der Waals surface area contributed by atoms with Gasteiger partial charge >= 0.3 is 10.2 Å². The predicted molar refractivity (Wildman–Crippen MR) is 131 cm³/mol. The van der Waals surface area contributed by atoms with Gasteiger partial charge in [-0.2, -0.15) is 17.0 Å². The number of hydrogen-bond donors (Lipinski definition) is 1. The zero-order chi connectivity index (χ0) is 25.8. The molecule has 0 aromatic heterocycles. The number of nitrogens with one attached hydrogen (secondary N) is 1. The van der Waals surface area contributed by atoms with Gasteiger partial charge in [-0.25, -0.2) is 17.1 Å². The fourth-order valence-electron chi connectivity index (χ4n) is 3.66. The Kier molecular flexibility index (Phi) is 8.36. The third-order valence-corrected chi connectivity index (χ3v) is 9.25. The molecule has 1 aliphatic heterocycles. The quantitative estimate of drug-likeness (QED) is 0.534. The number of carbonyl (C=O) groups excluding carboxylic acids is 1. The van der Waals surface area contributed by atoms with Gasteiger partial charge in [-0.05, 0) is 43.2 Å². The molecule has 1 N–H and O–H groups in total. The topological polar surface area (TPSA) is 116 Å². The van der Waals surface area contributed by atoms with E-state index >= 15 is 0 Å². The lowest BCUT2D eigenvalue weighted by atomic mass is 10.2. The highest BCUT2D eigenvalue weighted by Crippen LogP contribution is 2.30. The van der Waals surface area contributed by atoms with Crippen molar-refractivity contribution in [2.45, 2.75) is 24.2 Å². The molecule has 1 aliphatic rings. The number of anilines is 2. The van der Waals surface area contributed by atoms with Gasteiger partial charge < -0.3 is 10.1 Å². The number of amides is 1. The van der Waals surface area contributed by atoms with Crippen molar-refractivity contribution >= 4 is 37.5 Å². The maximum absolute atomic E-state index is 14.4. The summed E-state index contributed by atoms with van der Waals surface area (Å²) in [4.78, 5) is 12.9. The first-order valence-electron chi connectivity index (χ1n) is 10.9. The normalized spacial score (nSPS) is 15.1. The summed E-state index contributed by atoms with van der Waals surface area (Å²) >= 11 is 0. The van der Waals surface area contributed by atoms with Crippen LogP contribution in [0.5, 0.6) is 5.75 Å². The Bertz CT molecular complexity index is 1280. The van der Waals surface area contributed by atoms with E-state index in [1.807, 2.05) is 0 Å². The number of carbonyl (C=O) groups is 1. The van der Waals surface area contributed by atoms with Crippen LogP contribution in [0.3, 0.4) is 0 Å². The molecule has 0 unspecified atom stereocenters. The van der Waals surface area contributed by atoms with Crippen LogP contribution in [-0.2, 0) is 25.0 Å². The minimum Gasteiger partial charge on any atom is -0.495 e. The smallest absolute Gasteiger partial charge is 0.304 e. The number of ether oxygens (including phenoxy) is 1. The number of halogens is 1. The van der Waals surface area contributed by atoms with Crippen molar-refractivity contribution in [2.75, 3.05) is 50.5 Å². The Balaban J connectivity index is 1.91.